The first kappa shape index (κ1) is 10.6. The lowest BCUT2D eigenvalue weighted by atomic mass is 9.94. The van der Waals surface area contributed by atoms with Crippen molar-refractivity contribution >= 4 is 16.9 Å². The molecule has 0 saturated carbocycles. The van der Waals surface area contributed by atoms with E-state index in [-0.39, 0.29) is 6.54 Å². The van der Waals surface area contributed by atoms with Gasteiger partial charge in [-0.3, -0.25) is 4.79 Å². The maximum absolute atomic E-state index is 11.1. The fraction of sp³-hybridized carbons (Fsp3) is 0.857. The van der Waals surface area contributed by atoms with Crippen LogP contribution in [-0.4, -0.2) is 44.5 Å². The van der Waals surface area contributed by atoms with Crippen LogP contribution in [0.5, 0.6) is 0 Å². The maximum Gasteiger partial charge on any atom is 0.250 e. The van der Waals surface area contributed by atoms with Crippen LogP contribution in [0.1, 0.15) is 12.8 Å². The van der Waals surface area contributed by atoms with Gasteiger partial charge in [-0.2, -0.15) is 0 Å². The summed E-state index contributed by atoms with van der Waals surface area (Å²) in [5.41, 5.74) is 3.55. The molecule has 0 aromatic carbocycles. The molecule has 1 heterocycles. The Morgan fingerprint density at radius 2 is 2.31 bits per heavy atom. The number of nitrogens with two attached hydrogens (primary N) is 1. The highest BCUT2D eigenvalue weighted by molar-refractivity contribution is 7.81. The van der Waals surface area contributed by atoms with Gasteiger partial charge in [0.25, 0.3) is 5.91 Å². The molecule has 5 nitrogen and oxygen atoms in total. The number of hydrogen-bond donors (Lipinski definition) is 2. The first-order valence-corrected chi connectivity index (χ1v) is 5.58. The third kappa shape index (κ3) is 2.26. The monoisotopic (exact) mass is 206 g/mol. The third-order valence-electron chi connectivity index (χ3n) is 2.26. The summed E-state index contributed by atoms with van der Waals surface area (Å²) in [5, 5.41) is 9.72. The van der Waals surface area contributed by atoms with Crippen molar-refractivity contribution in [2.75, 3.05) is 19.3 Å². The fourth-order valence-electron chi connectivity index (χ4n) is 1.42. The molecular formula is C7H14N2O3S. The molecular weight excluding hydrogens is 192 g/mol. The molecule has 2 unspecified atom stereocenters. The summed E-state index contributed by atoms with van der Waals surface area (Å²) >= 11 is 0. The van der Waals surface area contributed by atoms with Crippen molar-refractivity contribution in [3.8, 4) is 0 Å². The highest BCUT2D eigenvalue weighted by Gasteiger charge is 2.39. The maximum atomic E-state index is 11.1. The molecule has 6 heteroatoms. The van der Waals surface area contributed by atoms with E-state index in [1.165, 1.54) is 6.26 Å². The molecule has 0 spiro atoms. The standard InChI is InChI=1S/C7H14N2O3S/c1-13(12)9-4-2-3-7(11,5-9)6(8)10/h11H,2-5H2,1H3,(H2,8,10). The molecule has 0 aromatic heterocycles. The highest BCUT2D eigenvalue weighted by atomic mass is 32.2. The van der Waals surface area contributed by atoms with Crippen LogP contribution in [0.4, 0.5) is 0 Å². The lowest BCUT2D eigenvalue weighted by Crippen LogP contribution is -2.55. The predicted octanol–water partition coefficient (Wildman–Crippen LogP) is -1.41. The summed E-state index contributed by atoms with van der Waals surface area (Å²) in [6.45, 7) is 0.712. The van der Waals surface area contributed by atoms with Gasteiger partial charge in [-0.1, -0.05) is 0 Å². The number of β-amino-alcohol motifs (C(OH)–C–C–N with tert-alkyl or cyclic N) is 1. The molecule has 1 aliphatic rings. The van der Waals surface area contributed by atoms with Gasteiger partial charge in [0, 0.05) is 19.3 Å². The molecule has 1 aliphatic heterocycles. The Balaban J connectivity index is 2.71. The number of piperidine rings is 1. The van der Waals surface area contributed by atoms with Crippen LogP contribution in [-0.2, 0) is 15.8 Å². The first-order valence-electron chi connectivity index (χ1n) is 4.06. The number of rotatable bonds is 2. The zero-order chi connectivity index (χ0) is 10.1. The molecule has 0 radical (unpaired) electrons. The van der Waals surface area contributed by atoms with Crippen molar-refractivity contribution in [1.29, 1.82) is 0 Å². The first-order chi connectivity index (χ1) is 5.96. The van der Waals surface area contributed by atoms with Gasteiger partial charge in [0.1, 0.15) is 0 Å². The van der Waals surface area contributed by atoms with E-state index in [9.17, 15) is 14.1 Å². The van der Waals surface area contributed by atoms with E-state index in [1.54, 1.807) is 4.31 Å². The Kier molecular flexibility index (Phi) is 3.05. The predicted molar refractivity (Wildman–Crippen MR) is 49.0 cm³/mol. The molecule has 13 heavy (non-hydrogen) atoms. The van der Waals surface area contributed by atoms with Gasteiger partial charge in [-0.15, -0.1) is 0 Å². The number of primary amides is 1. The van der Waals surface area contributed by atoms with Crippen molar-refractivity contribution in [3.05, 3.63) is 0 Å². The van der Waals surface area contributed by atoms with E-state index in [0.29, 0.717) is 19.4 Å². The summed E-state index contributed by atoms with van der Waals surface area (Å²) < 4.78 is 12.6. The minimum absolute atomic E-state index is 0.0748. The highest BCUT2D eigenvalue weighted by Crippen LogP contribution is 2.21. The lowest BCUT2D eigenvalue weighted by molar-refractivity contribution is -0.139. The zero-order valence-corrected chi connectivity index (χ0v) is 8.34. The van der Waals surface area contributed by atoms with Crippen molar-refractivity contribution in [2.45, 2.75) is 18.4 Å². The number of amides is 1. The van der Waals surface area contributed by atoms with Gasteiger partial charge < -0.3 is 10.8 Å². The molecule has 0 aromatic rings. The number of hydrogen-bond acceptors (Lipinski definition) is 3. The normalized spacial score (nSPS) is 32.8. The fourth-order valence-corrected chi connectivity index (χ4v) is 2.20. The van der Waals surface area contributed by atoms with E-state index < -0.39 is 22.5 Å². The Hall–Kier alpha value is -0.460. The summed E-state index contributed by atoms with van der Waals surface area (Å²) in [6, 6.07) is 0. The SMILES string of the molecule is CS(=O)N1CCCC(O)(C(N)=O)C1. The van der Waals surface area contributed by atoms with Gasteiger partial charge in [0.15, 0.2) is 5.60 Å². The van der Waals surface area contributed by atoms with Crippen LogP contribution in [0.3, 0.4) is 0 Å². The molecule has 0 bridgehead atoms. The Bertz CT molecular complexity index is 246. The van der Waals surface area contributed by atoms with Crippen LogP contribution >= 0.6 is 0 Å². The number of aliphatic hydroxyl groups is 1. The summed E-state index contributed by atoms with van der Waals surface area (Å²) in [7, 11) is -1.15. The molecule has 0 aliphatic carbocycles. The van der Waals surface area contributed by atoms with Crippen LogP contribution < -0.4 is 5.73 Å². The molecule has 1 rings (SSSR count). The molecule has 1 saturated heterocycles. The second kappa shape index (κ2) is 3.73. The van der Waals surface area contributed by atoms with Gasteiger partial charge in [-0.05, 0) is 12.8 Å². The molecule has 2 atom stereocenters. The minimum Gasteiger partial charge on any atom is -0.379 e. The van der Waals surface area contributed by atoms with Crippen LogP contribution in [0.15, 0.2) is 0 Å². The van der Waals surface area contributed by atoms with E-state index in [0.717, 1.165) is 0 Å². The number of carbonyl (C=O) groups excluding carboxylic acids is 1. The third-order valence-corrected chi connectivity index (χ3v) is 3.30. The molecule has 3 N–H and O–H groups in total. The Morgan fingerprint density at radius 1 is 1.69 bits per heavy atom. The molecule has 1 amide bonds. The smallest absolute Gasteiger partial charge is 0.250 e. The van der Waals surface area contributed by atoms with Gasteiger partial charge in [0.2, 0.25) is 0 Å². The second-order valence-electron chi connectivity index (χ2n) is 3.29. The lowest BCUT2D eigenvalue weighted by Gasteiger charge is -2.35. The van der Waals surface area contributed by atoms with E-state index in [2.05, 4.69) is 0 Å². The number of carbonyl (C=O) groups is 1. The van der Waals surface area contributed by atoms with Gasteiger partial charge >= 0.3 is 0 Å². The van der Waals surface area contributed by atoms with Gasteiger partial charge in [-0.25, -0.2) is 8.51 Å². The average molecular weight is 206 g/mol. The van der Waals surface area contributed by atoms with Crippen molar-refractivity contribution in [2.24, 2.45) is 5.73 Å². The van der Waals surface area contributed by atoms with Crippen molar-refractivity contribution in [1.82, 2.24) is 4.31 Å². The Labute approximate surface area is 79.5 Å². The number of nitrogens with zero attached hydrogens (tertiary/aromatic N) is 1. The summed E-state index contributed by atoms with van der Waals surface area (Å²) in [5.74, 6) is -0.734. The van der Waals surface area contributed by atoms with Crippen LogP contribution in [0.2, 0.25) is 0 Å². The van der Waals surface area contributed by atoms with Crippen LogP contribution in [0, 0.1) is 0 Å². The second-order valence-corrected chi connectivity index (χ2v) is 4.65. The van der Waals surface area contributed by atoms with Crippen LogP contribution in [0.25, 0.3) is 0 Å². The van der Waals surface area contributed by atoms with E-state index >= 15 is 0 Å². The van der Waals surface area contributed by atoms with E-state index in [4.69, 9.17) is 5.73 Å². The molecule has 1 fully saturated rings. The Morgan fingerprint density at radius 3 is 2.77 bits per heavy atom. The largest absolute Gasteiger partial charge is 0.379 e. The topological polar surface area (TPSA) is 83.6 Å². The zero-order valence-electron chi connectivity index (χ0n) is 7.52. The van der Waals surface area contributed by atoms with Crippen molar-refractivity contribution in [3.63, 3.8) is 0 Å². The summed E-state index contributed by atoms with van der Waals surface area (Å²) in [6.07, 6.45) is 2.52. The molecule has 76 valence electrons. The average Bonchev–Trinajstić information content (AvgIpc) is 2.04. The van der Waals surface area contributed by atoms with E-state index in [1.807, 2.05) is 0 Å². The van der Waals surface area contributed by atoms with Crippen molar-refractivity contribution < 1.29 is 14.1 Å². The van der Waals surface area contributed by atoms with Gasteiger partial charge in [0.05, 0.1) is 11.0 Å². The quantitative estimate of drug-likeness (QED) is 0.582. The summed E-state index contributed by atoms with van der Waals surface area (Å²) in [4.78, 5) is 10.9. The minimum atomic E-state index is -1.50.